The molecule has 3 N–H and O–H groups in total. The second-order valence-corrected chi connectivity index (χ2v) is 4.57. The number of nitriles is 1. The highest BCUT2D eigenvalue weighted by Crippen LogP contribution is 2.26. The smallest absolute Gasteiger partial charge is 0.266 e. The van der Waals surface area contributed by atoms with E-state index in [1.54, 1.807) is 24.3 Å². The molecular weight excluding hydrogens is 296 g/mol. The van der Waals surface area contributed by atoms with Crippen molar-refractivity contribution in [2.75, 3.05) is 12.4 Å². The number of nitrogens with zero attached hydrogens (tertiary/aromatic N) is 1. The minimum Gasteiger partial charge on any atom is -0.507 e. The molecule has 0 aliphatic carbocycles. The van der Waals surface area contributed by atoms with Crippen LogP contribution in [0.4, 0.5) is 5.69 Å². The van der Waals surface area contributed by atoms with Crippen molar-refractivity contribution >= 4 is 17.7 Å². The van der Waals surface area contributed by atoms with E-state index < -0.39 is 5.91 Å². The molecule has 1 amide bonds. The molecule has 0 saturated heterocycles. The van der Waals surface area contributed by atoms with Gasteiger partial charge in [0.1, 0.15) is 28.9 Å². The molecule has 0 fully saturated rings. The topological polar surface area (TPSA) is 103 Å². The van der Waals surface area contributed by atoms with Crippen LogP contribution in [0.2, 0.25) is 0 Å². The molecule has 0 radical (unpaired) electrons. The maximum absolute atomic E-state index is 12.1. The summed E-state index contributed by atoms with van der Waals surface area (Å²) in [5.74, 6) is -0.417. The third-order valence-electron chi connectivity index (χ3n) is 3.05. The molecule has 116 valence electrons. The quantitative estimate of drug-likeness (QED) is 0.457. The first-order valence-corrected chi connectivity index (χ1v) is 6.63. The summed E-state index contributed by atoms with van der Waals surface area (Å²) in [6.45, 7) is 0. The summed E-state index contributed by atoms with van der Waals surface area (Å²) in [4.78, 5) is 12.1. The van der Waals surface area contributed by atoms with Gasteiger partial charge in [-0.2, -0.15) is 5.26 Å². The van der Waals surface area contributed by atoms with Crippen molar-refractivity contribution in [3.8, 4) is 23.3 Å². The standard InChI is InChI=1S/C17H14N2O4/c1-23-13-6-7-15(20)11(9-13)8-12(10-18)17(22)19-14-4-2-3-5-16(14)21/h2-9,20-21H,1H3,(H,19,22)/b12-8-. The highest BCUT2D eigenvalue weighted by atomic mass is 16.5. The molecular formula is C17H14N2O4. The van der Waals surface area contributed by atoms with E-state index in [-0.39, 0.29) is 28.3 Å². The Kier molecular flexibility index (Phi) is 4.85. The van der Waals surface area contributed by atoms with Gasteiger partial charge in [-0.15, -0.1) is 0 Å². The molecule has 0 saturated carbocycles. The number of phenolic OH excluding ortho intramolecular Hbond substituents is 2. The number of carbonyl (C=O) groups excluding carboxylic acids is 1. The molecule has 0 aliphatic heterocycles. The van der Waals surface area contributed by atoms with E-state index in [0.29, 0.717) is 5.75 Å². The number of hydrogen-bond acceptors (Lipinski definition) is 5. The predicted octanol–water partition coefficient (Wildman–Crippen LogP) is 2.65. The second-order valence-electron chi connectivity index (χ2n) is 4.57. The Hall–Kier alpha value is -3.46. The number of ether oxygens (including phenoxy) is 1. The molecule has 0 bridgehead atoms. The van der Waals surface area contributed by atoms with Crippen molar-refractivity contribution in [1.29, 1.82) is 5.26 Å². The van der Waals surface area contributed by atoms with Crippen molar-refractivity contribution < 1.29 is 19.7 Å². The zero-order valence-electron chi connectivity index (χ0n) is 12.3. The SMILES string of the molecule is COc1ccc(O)c(/C=C(/C#N)C(=O)Nc2ccccc2O)c1. The lowest BCUT2D eigenvalue weighted by Crippen LogP contribution is -2.13. The van der Waals surface area contributed by atoms with Gasteiger partial charge in [-0.3, -0.25) is 4.79 Å². The number of rotatable bonds is 4. The average Bonchev–Trinajstić information content (AvgIpc) is 2.56. The Morgan fingerprint density at radius 1 is 1.22 bits per heavy atom. The molecule has 2 rings (SSSR count). The second kappa shape index (κ2) is 7.00. The predicted molar refractivity (Wildman–Crippen MR) is 85.0 cm³/mol. The monoisotopic (exact) mass is 310 g/mol. The molecule has 2 aromatic carbocycles. The minimum absolute atomic E-state index is 0.0890. The van der Waals surface area contributed by atoms with Crippen LogP contribution in [0.5, 0.6) is 17.2 Å². The van der Waals surface area contributed by atoms with Gasteiger partial charge in [0.2, 0.25) is 0 Å². The van der Waals surface area contributed by atoms with Crippen molar-refractivity contribution in [1.82, 2.24) is 0 Å². The number of amides is 1. The van der Waals surface area contributed by atoms with Gasteiger partial charge in [-0.25, -0.2) is 0 Å². The molecule has 6 heteroatoms. The summed E-state index contributed by atoms with van der Waals surface area (Å²) >= 11 is 0. The zero-order valence-corrected chi connectivity index (χ0v) is 12.3. The van der Waals surface area contributed by atoms with Gasteiger partial charge in [-0.05, 0) is 36.4 Å². The average molecular weight is 310 g/mol. The molecule has 0 unspecified atom stereocenters. The lowest BCUT2D eigenvalue weighted by Gasteiger charge is -2.07. The van der Waals surface area contributed by atoms with Crippen LogP contribution in [0.25, 0.3) is 6.08 Å². The van der Waals surface area contributed by atoms with E-state index in [9.17, 15) is 15.0 Å². The fourth-order valence-corrected chi connectivity index (χ4v) is 1.85. The molecule has 23 heavy (non-hydrogen) atoms. The first-order valence-electron chi connectivity index (χ1n) is 6.63. The van der Waals surface area contributed by atoms with Gasteiger partial charge < -0.3 is 20.3 Å². The Morgan fingerprint density at radius 2 is 1.96 bits per heavy atom. The summed E-state index contributed by atoms with van der Waals surface area (Å²) in [6.07, 6.45) is 1.24. The van der Waals surface area contributed by atoms with E-state index in [1.165, 1.54) is 37.5 Å². The van der Waals surface area contributed by atoms with Crippen molar-refractivity contribution in [2.24, 2.45) is 0 Å². The van der Waals surface area contributed by atoms with Crippen LogP contribution in [0.1, 0.15) is 5.56 Å². The normalized spacial score (nSPS) is 10.7. The van der Waals surface area contributed by atoms with E-state index in [0.717, 1.165) is 0 Å². The van der Waals surface area contributed by atoms with Gasteiger partial charge in [0, 0.05) is 5.56 Å². The zero-order chi connectivity index (χ0) is 16.8. The van der Waals surface area contributed by atoms with Crippen molar-refractivity contribution in [2.45, 2.75) is 0 Å². The van der Waals surface area contributed by atoms with E-state index in [1.807, 2.05) is 0 Å². The molecule has 6 nitrogen and oxygen atoms in total. The molecule has 2 aromatic rings. The van der Waals surface area contributed by atoms with E-state index in [4.69, 9.17) is 10.00 Å². The molecule has 0 aromatic heterocycles. The maximum atomic E-state index is 12.1. The largest absolute Gasteiger partial charge is 0.507 e. The number of methoxy groups -OCH3 is 1. The van der Waals surface area contributed by atoms with Crippen LogP contribution in [0, 0.1) is 11.3 Å². The fraction of sp³-hybridized carbons (Fsp3) is 0.0588. The Labute approximate surface area is 132 Å². The number of aromatic hydroxyl groups is 2. The van der Waals surface area contributed by atoms with Gasteiger partial charge in [0.05, 0.1) is 12.8 Å². The van der Waals surface area contributed by atoms with Crippen LogP contribution in [-0.4, -0.2) is 23.2 Å². The third-order valence-corrected chi connectivity index (χ3v) is 3.05. The number of nitrogens with one attached hydrogen (secondary N) is 1. The number of benzene rings is 2. The van der Waals surface area contributed by atoms with Gasteiger partial charge in [-0.1, -0.05) is 12.1 Å². The fourth-order valence-electron chi connectivity index (χ4n) is 1.85. The lowest BCUT2D eigenvalue weighted by molar-refractivity contribution is -0.112. The van der Waals surface area contributed by atoms with Gasteiger partial charge >= 0.3 is 0 Å². The summed E-state index contributed by atoms with van der Waals surface area (Å²) < 4.78 is 5.04. The lowest BCUT2D eigenvalue weighted by atomic mass is 10.1. The number of carbonyl (C=O) groups is 1. The number of para-hydroxylation sites is 2. The molecule has 0 aliphatic rings. The van der Waals surface area contributed by atoms with Crippen LogP contribution < -0.4 is 10.1 Å². The summed E-state index contributed by atoms with van der Waals surface area (Å²) in [7, 11) is 1.47. The third kappa shape index (κ3) is 3.80. The van der Waals surface area contributed by atoms with Crippen molar-refractivity contribution in [3.63, 3.8) is 0 Å². The maximum Gasteiger partial charge on any atom is 0.266 e. The van der Waals surface area contributed by atoms with Gasteiger partial charge in [0.25, 0.3) is 5.91 Å². The highest BCUT2D eigenvalue weighted by molar-refractivity contribution is 6.10. The first-order chi connectivity index (χ1) is 11.0. The summed E-state index contributed by atoms with van der Waals surface area (Å²) in [5, 5.41) is 31.1. The molecule has 0 atom stereocenters. The number of hydrogen-bond donors (Lipinski definition) is 3. The highest BCUT2D eigenvalue weighted by Gasteiger charge is 2.13. The van der Waals surface area contributed by atoms with Crippen molar-refractivity contribution in [3.05, 3.63) is 53.6 Å². The summed E-state index contributed by atoms with van der Waals surface area (Å²) in [5.41, 5.74) is 0.235. The van der Waals surface area contributed by atoms with Crippen LogP contribution in [0.3, 0.4) is 0 Å². The molecule has 0 heterocycles. The Bertz CT molecular complexity index is 806. The van der Waals surface area contributed by atoms with E-state index >= 15 is 0 Å². The number of phenols is 2. The minimum atomic E-state index is -0.698. The Morgan fingerprint density at radius 3 is 2.61 bits per heavy atom. The summed E-state index contributed by atoms with van der Waals surface area (Å²) in [6, 6.07) is 12.4. The number of anilines is 1. The van der Waals surface area contributed by atoms with Crippen LogP contribution in [-0.2, 0) is 4.79 Å². The van der Waals surface area contributed by atoms with Crippen LogP contribution in [0.15, 0.2) is 48.0 Å². The Balaban J connectivity index is 2.31. The van der Waals surface area contributed by atoms with Crippen LogP contribution >= 0.6 is 0 Å². The molecule has 0 spiro atoms. The first kappa shape index (κ1) is 15.9. The van der Waals surface area contributed by atoms with E-state index in [2.05, 4.69) is 5.32 Å². The van der Waals surface area contributed by atoms with Gasteiger partial charge in [0.15, 0.2) is 0 Å².